The summed E-state index contributed by atoms with van der Waals surface area (Å²) >= 11 is 0. The van der Waals surface area contributed by atoms with Crippen molar-refractivity contribution in [3.05, 3.63) is 52.8 Å². The number of pyridine rings is 1. The summed E-state index contributed by atoms with van der Waals surface area (Å²) in [5.74, 6) is 0.714. The number of nitrogens with zero attached hydrogens (tertiary/aromatic N) is 2. The van der Waals surface area contributed by atoms with Gasteiger partial charge in [0.1, 0.15) is 5.75 Å². The Kier molecular flexibility index (Phi) is 5.73. The van der Waals surface area contributed by atoms with Gasteiger partial charge in [0.25, 0.3) is 5.91 Å². The molecule has 2 aromatic rings. The molecule has 6 heteroatoms. The molecule has 0 unspecified atom stereocenters. The van der Waals surface area contributed by atoms with Crippen molar-refractivity contribution in [2.45, 2.75) is 20.4 Å². The Bertz CT molecular complexity index is 786. The van der Waals surface area contributed by atoms with E-state index in [9.17, 15) is 4.79 Å². The SMILES string of the molecule is COc1c(C)cnc(CNC(=O)c2ccccc2N2CCOCC2)c1C. The molecule has 1 fully saturated rings. The number of benzene rings is 1. The van der Waals surface area contributed by atoms with E-state index in [0.29, 0.717) is 25.3 Å². The van der Waals surface area contributed by atoms with E-state index in [1.165, 1.54) is 0 Å². The van der Waals surface area contributed by atoms with Gasteiger partial charge in [0.2, 0.25) is 0 Å². The Balaban J connectivity index is 1.75. The van der Waals surface area contributed by atoms with E-state index in [1.807, 2.05) is 38.1 Å². The molecule has 0 saturated carbocycles. The number of morpholine rings is 1. The number of aryl methyl sites for hydroxylation is 1. The van der Waals surface area contributed by atoms with Crippen LogP contribution in [0.15, 0.2) is 30.5 Å². The van der Waals surface area contributed by atoms with Crippen molar-refractivity contribution < 1.29 is 14.3 Å². The van der Waals surface area contributed by atoms with E-state index < -0.39 is 0 Å². The van der Waals surface area contributed by atoms with Gasteiger partial charge in [0, 0.05) is 36.1 Å². The molecule has 1 aliphatic heterocycles. The summed E-state index contributed by atoms with van der Waals surface area (Å²) in [6.45, 7) is 7.23. The molecule has 138 valence electrons. The topological polar surface area (TPSA) is 63.7 Å². The lowest BCUT2D eigenvalue weighted by molar-refractivity contribution is 0.0949. The fraction of sp³-hybridized carbons (Fsp3) is 0.400. The summed E-state index contributed by atoms with van der Waals surface area (Å²) in [6, 6.07) is 7.68. The molecule has 2 heterocycles. The summed E-state index contributed by atoms with van der Waals surface area (Å²) in [5, 5.41) is 2.99. The number of nitrogens with one attached hydrogen (secondary N) is 1. The molecule has 26 heavy (non-hydrogen) atoms. The zero-order chi connectivity index (χ0) is 18.5. The van der Waals surface area contributed by atoms with Crippen molar-refractivity contribution in [3.63, 3.8) is 0 Å². The van der Waals surface area contributed by atoms with Crippen molar-refractivity contribution >= 4 is 11.6 Å². The first kappa shape index (κ1) is 18.2. The molecule has 1 aliphatic rings. The van der Waals surface area contributed by atoms with E-state index in [0.717, 1.165) is 41.3 Å². The van der Waals surface area contributed by atoms with Crippen LogP contribution < -0.4 is 15.0 Å². The van der Waals surface area contributed by atoms with Crippen LogP contribution in [0.4, 0.5) is 5.69 Å². The predicted octanol–water partition coefficient (Wildman–Crippen LogP) is 2.47. The van der Waals surface area contributed by atoms with Crippen LogP contribution in [-0.2, 0) is 11.3 Å². The summed E-state index contributed by atoms with van der Waals surface area (Å²) in [5.41, 5.74) is 4.36. The highest BCUT2D eigenvalue weighted by Gasteiger charge is 2.19. The minimum Gasteiger partial charge on any atom is -0.496 e. The van der Waals surface area contributed by atoms with Crippen molar-refractivity contribution in [1.29, 1.82) is 0 Å². The molecule has 1 aromatic carbocycles. The highest BCUT2D eigenvalue weighted by molar-refractivity contribution is 5.99. The van der Waals surface area contributed by atoms with E-state index in [4.69, 9.17) is 9.47 Å². The maximum absolute atomic E-state index is 12.8. The van der Waals surface area contributed by atoms with Crippen LogP contribution in [-0.4, -0.2) is 44.3 Å². The number of ether oxygens (including phenoxy) is 2. The number of hydrogen-bond donors (Lipinski definition) is 1. The third kappa shape index (κ3) is 3.80. The van der Waals surface area contributed by atoms with Gasteiger partial charge < -0.3 is 19.7 Å². The molecule has 3 rings (SSSR count). The fourth-order valence-electron chi connectivity index (χ4n) is 3.25. The Morgan fingerprint density at radius 2 is 2.00 bits per heavy atom. The van der Waals surface area contributed by atoms with Crippen molar-refractivity contribution in [2.75, 3.05) is 38.3 Å². The second-order valence-corrected chi connectivity index (χ2v) is 6.35. The highest BCUT2D eigenvalue weighted by Crippen LogP contribution is 2.24. The Labute approximate surface area is 154 Å². The highest BCUT2D eigenvalue weighted by atomic mass is 16.5. The van der Waals surface area contributed by atoms with Gasteiger partial charge in [-0.3, -0.25) is 9.78 Å². The standard InChI is InChI=1S/C20H25N3O3/c1-14-12-21-17(15(2)19(14)25-3)13-22-20(24)16-6-4-5-7-18(16)23-8-10-26-11-9-23/h4-7,12H,8-11,13H2,1-3H3,(H,22,24). The Hall–Kier alpha value is -2.60. The molecule has 6 nitrogen and oxygen atoms in total. The summed E-state index contributed by atoms with van der Waals surface area (Å²) in [6.07, 6.45) is 1.77. The maximum atomic E-state index is 12.8. The molecular weight excluding hydrogens is 330 g/mol. The Morgan fingerprint density at radius 3 is 2.73 bits per heavy atom. The van der Waals surface area contributed by atoms with E-state index >= 15 is 0 Å². The largest absolute Gasteiger partial charge is 0.496 e. The first-order valence-corrected chi connectivity index (χ1v) is 8.80. The lowest BCUT2D eigenvalue weighted by Gasteiger charge is -2.30. The molecule has 0 spiro atoms. The number of hydrogen-bond acceptors (Lipinski definition) is 5. The first-order chi connectivity index (χ1) is 12.6. The van der Waals surface area contributed by atoms with Gasteiger partial charge in [-0.2, -0.15) is 0 Å². The number of rotatable bonds is 5. The second-order valence-electron chi connectivity index (χ2n) is 6.35. The van der Waals surface area contributed by atoms with Crippen LogP contribution in [0, 0.1) is 13.8 Å². The number of carbonyl (C=O) groups excluding carboxylic acids is 1. The van der Waals surface area contributed by atoms with Crippen LogP contribution in [0.5, 0.6) is 5.75 Å². The molecule has 0 aliphatic carbocycles. The zero-order valence-corrected chi connectivity index (χ0v) is 15.5. The van der Waals surface area contributed by atoms with Gasteiger partial charge >= 0.3 is 0 Å². The normalized spacial score (nSPS) is 14.2. The van der Waals surface area contributed by atoms with Crippen LogP contribution in [0.1, 0.15) is 27.2 Å². The van der Waals surface area contributed by atoms with Crippen LogP contribution >= 0.6 is 0 Å². The molecule has 0 atom stereocenters. The molecule has 1 N–H and O–H groups in total. The smallest absolute Gasteiger partial charge is 0.253 e. The predicted molar refractivity (Wildman–Crippen MR) is 101 cm³/mol. The minimum atomic E-state index is -0.104. The number of para-hydroxylation sites is 1. The van der Waals surface area contributed by atoms with Crippen molar-refractivity contribution in [1.82, 2.24) is 10.3 Å². The van der Waals surface area contributed by atoms with Gasteiger partial charge in [-0.25, -0.2) is 0 Å². The number of aromatic nitrogens is 1. The quantitative estimate of drug-likeness (QED) is 0.893. The number of amides is 1. The molecule has 0 radical (unpaired) electrons. The lowest BCUT2D eigenvalue weighted by Crippen LogP contribution is -2.37. The van der Waals surface area contributed by atoms with Gasteiger partial charge in [-0.15, -0.1) is 0 Å². The third-order valence-electron chi connectivity index (χ3n) is 4.67. The average molecular weight is 355 g/mol. The van der Waals surface area contributed by atoms with Crippen LogP contribution in [0.2, 0.25) is 0 Å². The molecule has 1 amide bonds. The third-order valence-corrected chi connectivity index (χ3v) is 4.67. The first-order valence-electron chi connectivity index (χ1n) is 8.80. The second kappa shape index (κ2) is 8.19. The summed E-state index contributed by atoms with van der Waals surface area (Å²) in [4.78, 5) is 19.4. The number of carbonyl (C=O) groups is 1. The van der Waals surface area contributed by atoms with E-state index in [1.54, 1.807) is 13.3 Å². The monoisotopic (exact) mass is 355 g/mol. The summed E-state index contributed by atoms with van der Waals surface area (Å²) < 4.78 is 10.8. The van der Waals surface area contributed by atoms with Gasteiger partial charge in [0.05, 0.1) is 38.1 Å². The van der Waals surface area contributed by atoms with Gasteiger partial charge in [0.15, 0.2) is 0 Å². The van der Waals surface area contributed by atoms with E-state index in [-0.39, 0.29) is 5.91 Å². The number of methoxy groups -OCH3 is 1. The van der Waals surface area contributed by atoms with Gasteiger partial charge in [-0.1, -0.05) is 12.1 Å². The molecule has 1 aromatic heterocycles. The van der Waals surface area contributed by atoms with Gasteiger partial charge in [-0.05, 0) is 26.0 Å². The van der Waals surface area contributed by atoms with E-state index in [2.05, 4.69) is 15.2 Å². The molecular formula is C20H25N3O3. The Morgan fingerprint density at radius 1 is 1.27 bits per heavy atom. The fourth-order valence-corrected chi connectivity index (χ4v) is 3.25. The average Bonchev–Trinajstić information content (AvgIpc) is 2.68. The lowest BCUT2D eigenvalue weighted by atomic mass is 10.1. The molecule has 1 saturated heterocycles. The number of anilines is 1. The minimum absolute atomic E-state index is 0.104. The molecule has 0 bridgehead atoms. The van der Waals surface area contributed by atoms with Crippen LogP contribution in [0.3, 0.4) is 0 Å². The summed E-state index contributed by atoms with van der Waals surface area (Å²) in [7, 11) is 1.65. The van der Waals surface area contributed by atoms with Crippen molar-refractivity contribution in [3.8, 4) is 5.75 Å². The van der Waals surface area contributed by atoms with Crippen LogP contribution in [0.25, 0.3) is 0 Å². The maximum Gasteiger partial charge on any atom is 0.253 e. The zero-order valence-electron chi connectivity index (χ0n) is 15.5. The van der Waals surface area contributed by atoms with Crippen molar-refractivity contribution in [2.24, 2.45) is 0 Å².